The number of piperidine rings is 1. The van der Waals surface area contributed by atoms with Crippen LogP contribution in [0.3, 0.4) is 0 Å². The largest absolute Gasteiger partial charge is 0.497 e. The highest BCUT2D eigenvalue weighted by molar-refractivity contribution is 7.89. The number of nitrogens with zero attached hydrogens (tertiary/aromatic N) is 2. The minimum absolute atomic E-state index is 0.0138. The van der Waals surface area contributed by atoms with Crippen molar-refractivity contribution in [2.45, 2.75) is 56.0 Å². The summed E-state index contributed by atoms with van der Waals surface area (Å²) in [4.78, 5) is 5.15. The van der Waals surface area contributed by atoms with Crippen LogP contribution in [0.1, 0.15) is 44.7 Å². The monoisotopic (exact) mass is 484 g/mol. The molecular formula is C26H36N4O3S. The average Bonchev–Trinajstić information content (AvgIpc) is 2.83. The highest BCUT2D eigenvalue weighted by Crippen LogP contribution is 2.30. The van der Waals surface area contributed by atoms with Crippen LogP contribution in [-0.4, -0.2) is 57.4 Å². The molecule has 2 aliphatic rings. The summed E-state index contributed by atoms with van der Waals surface area (Å²) >= 11 is 0. The van der Waals surface area contributed by atoms with Crippen molar-refractivity contribution < 1.29 is 13.2 Å². The van der Waals surface area contributed by atoms with Crippen LogP contribution in [-0.2, 0) is 22.0 Å². The van der Waals surface area contributed by atoms with Gasteiger partial charge in [0.2, 0.25) is 10.0 Å². The van der Waals surface area contributed by atoms with Crippen molar-refractivity contribution in [3.05, 3.63) is 59.7 Å². The summed E-state index contributed by atoms with van der Waals surface area (Å²) < 4.78 is 33.6. The fourth-order valence-corrected chi connectivity index (χ4v) is 6.13. The molecule has 1 fully saturated rings. The summed E-state index contributed by atoms with van der Waals surface area (Å²) in [5, 5.41) is 7.16. The lowest BCUT2D eigenvalue weighted by molar-refractivity contribution is 0.241. The van der Waals surface area contributed by atoms with Crippen LogP contribution in [0.2, 0.25) is 0 Å². The van der Waals surface area contributed by atoms with Gasteiger partial charge < -0.3 is 15.4 Å². The van der Waals surface area contributed by atoms with Crippen LogP contribution in [0.5, 0.6) is 5.75 Å². The zero-order valence-electron chi connectivity index (χ0n) is 20.6. The molecule has 7 nitrogen and oxygen atoms in total. The van der Waals surface area contributed by atoms with Gasteiger partial charge in [-0.3, -0.25) is 4.99 Å². The van der Waals surface area contributed by atoms with E-state index in [0.29, 0.717) is 43.9 Å². The Morgan fingerprint density at radius 3 is 2.47 bits per heavy atom. The molecule has 0 amide bonds. The molecule has 8 heteroatoms. The van der Waals surface area contributed by atoms with Crippen molar-refractivity contribution in [1.82, 2.24) is 14.9 Å². The number of hydrogen-bond donors (Lipinski definition) is 2. The van der Waals surface area contributed by atoms with E-state index in [0.717, 1.165) is 29.3 Å². The first-order valence-electron chi connectivity index (χ1n) is 11.9. The van der Waals surface area contributed by atoms with E-state index in [2.05, 4.69) is 37.5 Å². The molecule has 0 atom stereocenters. The minimum Gasteiger partial charge on any atom is -0.497 e. The predicted molar refractivity (Wildman–Crippen MR) is 136 cm³/mol. The van der Waals surface area contributed by atoms with Gasteiger partial charge in [0.15, 0.2) is 0 Å². The topological polar surface area (TPSA) is 83.0 Å². The van der Waals surface area contributed by atoms with Crippen LogP contribution in [0, 0.1) is 0 Å². The number of rotatable bonds is 5. The highest BCUT2D eigenvalue weighted by Gasteiger charge is 2.43. The summed E-state index contributed by atoms with van der Waals surface area (Å²) in [6.45, 7) is 9.43. The lowest BCUT2D eigenvalue weighted by Crippen LogP contribution is -2.64. The van der Waals surface area contributed by atoms with Gasteiger partial charge in [-0.1, -0.05) is 45.0 Å². The van der Waals surface area contributed by atoms with Gasteiger partial charge >= 0.3 is 0 Å². The first-order valence-corrected chi connectivity index (χ1v) is 13.4. The van der Waals surface area contributed by atoms with Crippen LogP contribution < -0.4 is 15.4 Å². The van der Waals surface area contributed by atoms with E-state index in [4.69, 9.17) is 9.73 Å². The molecule has 2 N–H and O–H groups in total. The van der Waals surface area contributed by atoms with Crippen molar-refractivity contribution in [2.24, 2.45) is 4.99 Å². The summed E-state index contributed by atoms with van der Waals surface area (Å²) in [6, 6.07) is 15.3. The molecule has 184 valence electrons. The van der Waals surface area contributed by atoms with Crippen LogP contribution in [0.15, 0.2) is 58.4 Å². The van der Waals surface area contributed by atoms with Crippen molar-refractivity contribution in [3.63, 3.8) is 0 Å². The molecule has 0 radical (unpaired) electrons. The zero-order chi connectivity index (χ0) is 24.4. The predicted octanol–water partition coefficient (Wildman–Crippen LogP) is 3.31. The van der Waals surface area contributed by atoms with Gasteiger partial charge in [-0.15, -0.1) is 0 Å². The molecule has 2 aromatic carbocycles. The van der Waals surface area contributed by atoms with Gasteiger partial charge in [0, 0.05) is 26.2 Å². The minimum atomic E-state index is -3.53. The Bertz CT molecular complexity index is 1130. The van der Waals surface area contributed by atoms with Crippen LogP contribution in [0.25, 0.3) is 0 Å². The van der Waals surface area contributed by atoms with E-state index >= 15 is 0 Å². The van der Waals surface area contributed by atoms with Crippen LogP contribution >= 0.6 is 0 Å². The fourth-order valence-electron chi connectivity index (χ4n) is 4.69. The summed E-state index contributed by atoms with van der Waals surface area (Å²) in [5.74, 6) is 1.75. The van der Waals surface area contributed by atoms with Crippen LogP contribution in [0.4, 0.5) is 0 Å². The molecule has 0 bridgehead atoms. The highest BCUT2D eigenvalue weighted by atomic mass is 32.2. The number of nitrogens with one attached hydrogen (secondary N) is 2. The Morgan fingerprint density at radius 2 is 1.82 bits per heavy atom. The maximum atomic E-state index is 13.3. The van der Waals surface area contributed by atoms with E-state index in [1.54, 1.807) is 23.5 Å². The van der Waals surface area contributed by atoms with Crippen molar-refractivity contribution in [2.75, 3.05) is 33.3 Å². The van der Waals surface area contributed by atoms with Gasteiger partial charge in [0.25, 0.3) is 0 Å². The van der Waals surface area contributed by atoms with Crippen molar-refractivity contribution in [3.8, 4) is 5.75 Å². The summed E-state index contributed by atoms with van der Waals surface area (Å²) in [7, 11) is -1.86. The Kier molecular flexibility index (Phi) is 7.03. The molecule has 0 aliphatic carbocycles. The van der Waals surface area contributed by atoms with E-state index in [-0.39, 0.29) is 11.0 Å². The smallest absolute Gasteiger partial charge is 0.243 e. The first-order chi connectivity index (χ1) is 16.1. The maximum absolute atomic E-state index is 13.3. The SMILES string of the molecule is COc1cccc(CNC2=NCCNC23CCN(S(=O)(=O)c2ccc(C(C)(C)C)cc2)CC3)c1. The van der Waals surface area contributed by atoms with Gasteiger partial charge in [0.1, 0.15) is 11.6 Å². The molecule has 2 heterocycles. The average molecular weight is 485 g/mol. The standard InChI is InChI=1S/C26H36N4O3S/c1-25(2,3)21-8-10-23(11-9-21)34(31,32)30-16-12-26(13-17-30)24(27-14-15-29-26)28-19-20-6-5-7-22(18-20)33-4/h5-11,18,29H,12-17,19H2,1-4H3,(H,27,28). The van der Waals surface area contributed by atoms with Gasteiger partial charge in [-0.25, -0.2) is 8.42 Å². The van der Waals surface area contributed by atoms with E-state index < -0.39 is 10.0 Å². The Labute approximate surface area is 203 Å². The lowest BCUT2D eigenvalue weighted by atomic mass is 9.85. The summed E-state index contributed by atoms with van der Waals surface area (Å²) in [5.41, 5.74) is 1.90. The zero-order valence-corrected chi connectivity index (χ0v) is 21.4. The molecule has 2 aliphatic heterocycles. The Morgan fingerprint density at radius 1 is 1.12 bits per heavy atom. The number of ether oxygens (including phenoxy) is 1. The second-order valence-electron chi connectivity index (χ2n) is 10.1. The Hall–Kier alpha value is -2.42. The second-order valence-corrected chi connectivity index (χ2v) is 12.1. The molecule has 0 unspecified atom stereocenters. The molecule has 34 heavy (non-hydrogen) atoms. The lowest BCUT2D eigenvalue weighted by Gasteiger charge is -2.44. The maximum Gasteiger partial charge on any atom is 0.243 e. The van der Waals surface area contributed by atoms with E-state index in [9.17, 15) is 8.42 Å². The molecular weight excluding hydrogens is 448 g/mol. The number of benzene rings is 2. The van der Waals surface area contributed by atoms with Gasteiger partial charge in [0.05, 0.1) is 24.1 Å². The van der Waals surface area contributed by atoms with E-state index in [1.807, 2.05) is 30.3 Å². The first kappa shape index (κ1) is 24.7. The van der Waals surface area contributed by atoms with Crippen molar-refractivity contribution in [1.29, 1.82) is 0 Å². The normalized spacial score (nSPS) is 19.0. The quantitative estimate of drug-likeness (QED) is 0.680. The molecule has 1 saturated heterocycles. The Balaban J connectivity index is 1.44. The number of sulfonamides is 1. The third kappa shape index (κ3) is 5.14. The third-order valence-electron chi connectivity index (χ3n) is 6.83. The van der Waals surface area contributed by atoms with E-state index in [1.165, 1.54) is 0 Å². The number of aliphatic imine (C=N–C) groups is 1. The van der Waals surface area contributed by atoms with Gasteiger partial charge in [-0.05, 0) is 53.6 Å². The number of methoxy groups -OCH3 is 1. The number of hydrogen-bond acceptors (Lipinski definition) is 6. The number of amidine groups is 1. The van der Waals surface area contributed by atoms with Gasteiger partial charge in [-0.2, -0.15) is 4.31 Å². The molecule has 2 aromatic rings. The molecule has 4 rings (SSSR count). The molecule has 1 spiro atoms. The van der Waals surface area contributed by atoms with Crippen molar-refractivity contribution >= 4 is 15.9 Å². The summed E-state index contributed by atoms with van der Waals surface area (Å²) in [6.07, 6.45) is 1.35. The molecule has 0 saturated carbocycles. The fraction of sp³-hybridized carbons (Fsp3) is 0.500. The molecule has 0 aromatic heterocycles. The third-order valence-corrected chi connectivity index (χ3v) is 8.74. The second kappa shape index (κ2) is 9.68.